The predicted octanol–water partition coefficient (Wildman–Crippen LogP) is 3.10. The van der Waals surface area contributed by atoms with E-state index in [1.165, 1.54) is 0 Å². The van der Waals surface area contributed by atoms with Gasteiger partial charge in [-0.3, -0.25) is 19.6 Å². The van der Waals surface area contributed by atoms with Crippen LogP contribution in [0.1, 0.15) is 37.5 Å². The number of anilines is 2. The van der Waals surface area contributed by atoms with Gasteiger partial charge in [0.05, 0.1) is 34.9 Å². The van der Waals surface area contributed by atoms with E-state index in [4.69, 9.17) is 4.74 Å². The van der Waals surface area contributed by atoms with Crippen molar-refractivity contribution in [2.24, 2.45) is 0 Å². The molecule has 15 heteroatoms. The van der Waals surface area contributed by atoms with Crippen molar-refractivity contribution < 1.29 is 31.5 Å². The number of fused-ring (bicyclic) bond motifs is 1. The topological polar surface area (TPSA) is 153 Å². The van der Waals surface area contributed by atoms with Crippen LogP contribution in [0.2, 0.25) is 0 Å². The molecule has 2 aliphatic rings. The third-order valence-corrected chi connectivity index (χ3v) is 9.37. The SMILES string of the molecule is O=C(Nc1cc(CN2CCOCC2)ccc1C(=O)Nc1n[nH]c2c1CN(S(=O)(=O)c1cc(F)cc(F)c1)CC2)c1cc[nH]c1. The number of carbonyl (C=O) groups is 2. The average molecular weight is 626 g/mol. The van der Waals surface area contributed by atoms with E-state index in [1.54, 1.807) is 30.6 Å². The minimum Gasteiger partial charge on any atom is -0.379 e. The van der Waals surface area contributed by atoms with E-state index >= 15 is 0 Å². The Hall–Kier alpha value is -4.44. The maximum absolute atomic E-state index is 13.8. The largest absolute Gasteiger partial charge is 0.379 e. The Bertz CT molecular complexity index is 1780. The van der Waals surface area contributed by atoms with Crippen molar-refractivity contribution in [1.82, 2.24) is 24.4 Å². The fourth-order valence-corrected chi connectivity index (χ4v) is 6.70. The number of hydrogen-bond donors (Lipinski definition) is 4. The average Bonchev–Trinajstić information content (AvgIpc) is 3.68. The van der Waals surface area contributed by atoms with Gasteiger partial charge in [-0.15, -0.1) is 0 Å². The first kappa shape index (κ1) is 29.6. The second kappa shape index (κ2) is 12.3. The van der Waals surface area contributed by atoms with E-state index in [2.05, 4.69) is 30.7 Å². The zero-order valence-electron chi connectivity index (χ0n) is 23.4. The van der Waals surface area contributed by atoms with Crippen molar-refractivity contribution in [2.75, 3.05) is 43.5 Å². The van der Waals surface area contributed by atoms with Crippen LogP contribution in [0.15, 0.2) is 59.8 Å². The van der Waals surface area contributed by atoms with Crippen LogP contribution in [-0.2, 0) is 34.3 Å². The predicted molar refractivity (Wildman–Crippen MR) is 155 cm³/mol. The molecule has 0 spiro atoms. The fraction of sp³-hybridized carbons (Fsp3) is 0.276. The summed E-state index contributed by atoms with van der Waals surface area (Å²) in [6.45, 7) is 3.24. The molecule has 4 heterocycles. The lowest BCUT2D eigenvalue weighted by Crippen LogP contribution is -2.36. The number of halogens is 2. The van der Waals surface area contributed by atoms with Gasteiger partial charge in [0.1, 0.15) is 11.6 Å². The number of ether oxygens (including phenoxy) is 1. The number of aromatic nitrogens is 3. The zero-order chi connectivity index (χ0) is 30.8. The Labute approximate surface area is 251 Å². The van der Waals surface area contributed by atoms with E-state index in [0.717, 1.165) is 35.1 Å². The maximum atomic E-state index is 13.8. The van der Waals surface area contributed by atoms with Gasteiger partial charge in [-0.1, -0.05) is 6.07 Å². The smallest absolute Gasteiger partial charge is 0.258 e. The molecule has 230 valence electrons. The van der Waals surface area contributed by atoms with E-state index in [1.807, 2.05) is 6.07 Å². The number of carbonyl (C=O) groups excluding carboxylic acids is 2. The number of H-pyrrole nitrogens is 2. The zero-order valence-corrected chi connectivity index (χ0v) is 24.2. The highest BCUT2D eigenvalue weighted by Gasteiger charge is 2.32. The highest BCUT2D eigenvalue weighted by Crippen LogP contribution is 2.30. The van der Waals surface area contributed by atoms with Gasteiger partial charge in [-0.05, 0) is 35.9 Å². The number of morpholine rings is 1. The van der Waals surface area contributed by atoms with Crippen LogP contribution >= 0.6 is 0 Å². The van der Waals surface area contributed by atoms with Gasteiger partial charge in [0.25, 0.3) is 11.8 Å². The first-order chi connectivity index (χ1) is 21.2. The fourth-order valence-electron chi connectivity index (χ4n) is 5.25. The molecule has 0 unspecified atom stereocenters. The normalized spacial score (nSPS) is 16.0. The standard InChI is InChI=1S/C29H29F2N7O5S/c30-20-12-21(31)14-22(13-20)44(41,42)38-6-4-25-24(17-38)27(36-35-25)34-29(40)23-2-1-18(16-37-7-9-43-10-8-37)11-26(23)33-28(39)19-3-5-32-15-19/h1-3,5,11-15,32H,4,6-10,16-17H2,(H,33,39)(H2,34,35,36,40). The van der Waals surface area contributed by atoms with Gasteiger partial charge >= 0.3 is 0 Å². The molecule has 2 aromatic carbocycles. The minimum absolute atomic E-state index is 0.0446. The molecule has 4 N–H and O–H groups in total. The molecule has 12 nitrogen and oxygen atoms in total. The lowest BCUT2D eigenvalue weighted by Gasteiger charge is -2.27. The van der Waals surface area contributed by atoms with Gasteiger partial charge in [0.15, 0.2) is 5.82 Å². The summed E-state index contributed by atoms with van der Waals surface area (Å²) in [5, 5.41) is 12.6. The molecule has 1 saturated heterocycles. The third kappa shape index (κ3) is 6.26. The molecular weight excluding hydrogens is 596 g/mol. The van der Waals surface area contributed by atoms with Gasteiger partial charge < -0.3 is 20.4 Å². The molecule has 0 atom stereocenters. The summed E-state index contributed by atoms with van der Waals surface area (Å²) in [7, 11) is -4.25. The Kier molecular flexibility index (Phi) is 8.27. The summed E-state index contributed by atoms with van der Waals surface area (Å²) in [6.07, 6.45) is 3.40. The minimum atomic E-state index is -4.25. The molecule has 4 aromatic rings. The number of rotatable bonds is 8. The summed E-state index contributed by atoms with van der Waals surface area (Å²) in [5.74, 6) is -2.89. The number of sulfonamides is 1. The van der Waals surface area contributed by atoms with Gasteiger partial charge in [-0.25, -0.2) is 17.2 Å². The summed E-state index contributed by atoms with van der Waals surface area (Å²) in [6, 6.07) is 8.91. The highest BCUT2D eigenvalue weighted by molar-refractivity contribution is 7.89. The Morgan fingerprint density at radius 2 is 1.75 bits per heavy atom. The summed E-state index contributed by atoms with van der Waals surface area (Å²) < 4.78 is 60.5. The number of nitrogens with one attached hydrogen (secondary N) is 4. The third-order valence-electron chi connectivity index (χ3n) is 7.55. The van der Waals surface area contributed by atoms with Crippen LogP contribution in [-0.4, -0.2) is 77.5 Å². The highest BCUT2D eigenvalue weighted by atomic mass is 32.2. The van der Waals surface area contributed by atoms with Crippen LogP contribution in [0.4, 0.5) is 20.3 Å². The molecular formula is C29H29F2N7O5S. The quantitative estimate of drug-likeness (QED) is 0.235. The van der Waals surface area contributed by atoms with Crippen LogP contribution in [0.5, 0.6) is 0 Å². The number of hydrogen-bond acceptors (Lipinski definition) is 7. The Balaban J connectivity index is 1.24. The van der Waals surface area contributed by atoms with Crippen molar-refractivity contribution in [3.63, 3.8) is 0 Å². The van der Waals surface area contributed by atoms with E-state index < -0.39 is 38.4 Å². The Morgan fingerprint density at radius 3 is 2.48 bits per heavy atom. The first-order valence-electron chi connectivity index (χ1n) is 13.9. The monoisotopic (exact) mass is 625 g/mol. The van der Waals surface area contributed by atoms with Crippen LogP contribution in [0, 0.1) is 11.6 Å². The van der Waals surface area contributed by atoms with Gasteiger partial charge in [-0.2, -0.15) is 9.40 Å². The van der Waals surface area contributed by atoms with Crippen LogP contribution in [0.3, 0.4) is 0 Å². The first-order valence-corrected chi connectivity index (χ1v) is 15.3. The molecule has 1 fully saturated rings. The van der Waals surface area contributed by atoms with Crippen molar-refractivity contribution in [2.45, 2.75) is 24.4 Å². The van der Waals surface area contributed by atoms with E-state index in [-0.39, 0.29) is 30.9 Å². The Morgan fingerprint density at radius 1 is 0.977 bits per heavy atom. The van der Waals surface area contributed by atoms with Crippen LogP contribution < -0.4 is 10.6 Å². The van der Waals surface area contributed by atoms with Gasteiger partial charge in [0, 0.05) is 68.9 Å². The summed E-state index contributed by atoms with van der Waals surface area (Å²) >= 11 is 0. The molecule has 0 saturated carbocycles. The number of nitrogens with zero attached hydrogens (tertiary/aromatic N) is 3. The second-order valence-electron chi connectivity index (χ2n) is 10.5. The maximum Gasteiger partial charge on any atom is 0.258 e. The lowest BCUT2D eigenvalue weighted by atomic mass is 10.1. The summed E-state index contributed by atoms with van der Waals surface area (Å²) in [4.78, 5) is 31.1. The van der Waals surface area contributed by atoms with Gasteiger partial charge in [0.2, 0.25) is 10.0 Å². The van der Waals surface area contributed by atoms with E-state index in [9.17, 15) is 26.8 Å². The summed E-state index contributed by atoms with van der Waals surface area (Å²) in [5.41, 5.74) is 2.79. The number of aromatic amines is 2. The van der Waals surface area contributed by atoms with Crippen molar-refractivity contribution in [3.8, 4) is 0 Å². The van der Waals surface area contributed by atoms with Crippen molar-refractivity contribution in [1.29, 1.82) is 0 Å². The molecule has 2 amide bonds. The van der Waals surface area contributed by atoms with Crippen molar-refractivity contribution in [3.05, 3.63) is 94.4 Å². The number of benzene rings is 2. The van der Waals surface area contributed by atoms with E-state index in [0.29, 0.717) is 48.3 Å². The molecule has 0 radical (unpaired) electrons. The number of amides is 2. The molecule has 0 aliphatic carbocycles. The molecule has 6 rings (SSSR count). The van der Waals surface area contributed by atoms with Crippen molar-refractivity contribution >= 4 is 33.3 Å². The molecule has 0 bridgehead atoms. The lowest BCUT2D eigenvalue weighted by molar-refractivity contribution is 0.0342. The molecule has 44 heavy (non-hydrogen) atoms. The molecule has 2 aliphatic heterocycles. The second-order valence-corrected chi connectivity index (χ2v) is 12.4. The van der Waals surface area contributed by atoms with Crippen LogP contribution in [0.25, 0.3) is 0 Å². The molecule has 2 aromatic heterocycles.